The number of carbonyl (C=O) groups excluding carboxylic acids is 1. The van der Waals surface area contributed by atoms with Crippen molar-refractivity contribution in [2.75, 3.05) is 26.8 Å². The van der Waals surface area contributed by atoms with Gasteiger partial charge < -0.3 is 9.64 Å². The summed E-state index contributed by atoms with van der Waals surface area (Å²) in [6.07, 6.45) is 2.64. The van der Waals surface area contributed by atoms with Crippen molar-refractivity contribution in [2.24, 2.45) is 11.8 Å². The highest BCUT2D eigenvalue weighted by Gasteiger charge is 2.40. The first kappa shape index (κ1) is 8.05. The van der Waals surface area contributed by atoms with Crippen molar-refractivity contribution in [3.63, 3.8) is 0 Å². The number of amides is 1. The molecule has 0 aromatic carbocycles. The second kappa shape index (κ2) is 3.05. The molecule has 0 spiro atoms. The lowest BCUT2D eigenvalue weighted by Crippen LogP contribution is -2.31. The molecule has 1 aliphatic carbocycles. The zero-order valence-corrected chi connectivity index (χ0v) is 7.45. The summed E-state index contributed by atoms with van der Waals surface area (Å²) in [7, 11) is 1.57. The normalized spacial score (nSPS) is 32.9. The Morgan fingerprint density at radius 1 is 1.42 bits per heavy atom. The highest BCUT2D eigenvalue weighted by Crippen LogP contribution is 2.40. The Hall–Kier alpha value is -0.570. The first-order valence-corrected chi connectivity index (χ1v) is 4.58. The molecule has 1 saturated heterocycles. The highest BCUT2D eigenvalue weighted by molar-refractivity contribution is 5.77. The average Bonchev–Trinajstić information content (AvgIpc) is 2.29. The average molecular weight is 169 g/mol. The molecule has 0 radical (unpaired) electrons. The second-order valence-corrected chi connectivity index (χ2v) is 3.83. The summed E-state index contributed by atoms with van der Waals surface area (Å²) >= 11 is 0. The summed E-state index contributed by atoms with van der Waals surface area (Å²) < 4.78 is 4.82. The molecule has 0 aromatic heterocycles. The third-order valence-corrected chi connectivity index (χ3v) is 3.11. The molecule has 0 aromatic rings. The number of carbonyl (C=O) groups is 1. The summed E-state index contributed by atoms with van der Waals surface area (Å²) in [5.74, 6) is 1.78. The van der Waals surface area contributed by atoms with Crippen LogP contribution in [0.25, 0.3) is 0 Å². The monoisotopic (exact) mass is 169 g/mol. The third-order valence-electron chi connectivity index (χ3n) is 3.11. The van der Waals surface area contributed by atoms with E-state index in [4.69, 9.17) is 4.74 Å². The van der Waals surface area contributed by atoms with Gasteiger partial charge in [-0.3, -0.25) is 4.79 Å². The van der Waals surface area contributed by atoms with Crippen molar-refractivity contribution < 1.29 is 9.53 Å². The van der Waals surface area contributed by atoms with Gasteiger partial charge in [0.05, 0.1) is 0 Å². The molecule has 2 unspecified atom stereocenters. The second-order valence-electron chi connectivity index (χ2n) is 3.83. The van der Waals surface area contributed by atoms with Gasteiger partial charge in [0, 0.05) is 20.2 Å². The van der Waals surface area contributed by atoms with Gasteiger partial charge >= 0.3 is 0 Å². The molecule has 2 fully saturated rings. The Bertz CT molecular complexity index is 181. The maximum atomic E-state index is 11.4. The molecular formula is C9H15NO2. The zero-order chi connectivity index (χ0) is 8.55. The summed E-state index contributed by atoms with van der Waals surface area (Å²) in [5.41, 5.74) is 0. The van der Waals surface area contributed by atoms with Crippen LogP contribution in [0, 0.1) is 11.8 Å². The fraction of sp³-hybridized carbons (Fsp3) is 0.889. The van der Waals surface area contributed by atoms with E-state index in [9.17, 15) is 4.79 Å². The van der Waals surface area contributed by atoms with Crippen LogP contribution in [0.2, 0.25) is 0 Å². The molecule has 0 bridgehead atoms. The Balaban J connectivity index is 1.85. The first-order valence-electron chi connectivity index (χ1n) is 4.58. The van der Waals surface area contributed by atoms with E-state index in [1.165, 1.54) is 12.8 Å². The molecule has 1 aliphatic heterocycles. The molecule has 1 amide bonds. The summed E-state index contributed by atoms with van der Waals surface area (Å²) in [5, 5.41) is 0. The van der Waals surface area contributed by atoms with Crippen molar-refractivity contribution in [3.8, 4) is 0 Å². The van der Waals surface area contributed by atoms with Crippen LogP contribution in [0.5, 0.6) is 0 Å². The van der Waals surface area contributed by atoms with E-state index in [0.717, 1.165) is 24.9 Å². The Morgan fingerprint density at radius 3 is 2.42 bits per heavy atom. The SMILES string of the molecule is COCC(=O)N1CC2CCC2C1. The molecule has 68 valence electrons. The maximum Gasteiger partial charge on any atom is 0.248 e. The van der Waals surface area contributed by atoms with E-state index in [0.29, 0.717) is 0 Å². The van der Waals surface area contributed by atoms with E-state index in [1.807, 2.05) is 4.90 Å². The predicted octanol–water partition coefficient (Wildman–Crippen LogP) is 0.501. The largest absolute Gasteiger partial charge is 0.375 e. The van der Waals surface area contributed by atoms with Crippen molar-refractivity contribution in [1.82, 2.24) is 4.90 Å². The molecule has 1 saturated carbocycles. The first-order chi connectivity index (χ1) is 5.81. The van der Waals surface area contributed by atoms with E-state index in [-0.39, 0.29) is 12.5 Å². The van der Waals surface area contributed by atoms with Crippen LogP contribution in [0.4, 0.5) is 0 Å². The minimum atomic E-state index is 0.159. The number of hydrogen-bond acceptors (Lipinski definition) is 2. The Kier molecular flexibility index (Phi) is 2.05. The smallest absolute Gasteiger partial charge is 0.248 e. The fourth-order valence-electron chi connectivity index (χ4n) is 2.18. The van der Waals surface area contributed by atoms with Gasteiger partial charge in [-0.2, -0.15) is 0 Å². The lowest BCUT2D eigenvalue weighted by Gasteiger charge is -2.27. The van der Waals surface area contributed by atoms with Crippen LogP contribution in [-0.2, 0) is 9.53 Å². The molecular weight excluding hydrogens is 154 g/mol. The van der Waals surface area contributed by atoms with E-state index in [2.05, 4.69) is 0 Å². The van der Waals surface area contributed by atoms with Crippen molar-refractivity contribution in [2.45, 2.75) is 12.8 Å². The van der Waals surface area contributed by atoms with Gasteiger partial charge in [0.25, 0.3) is 0 Å². The zero-order valence-electron chi connectivity index (χ0n) is 7.45. The molecule has 1 heterocycles. The van der Waals surface area contributed by atoms with Crippen LogP contribution in [0.1, 0.15) is 12.8 Å². The Morgan fingerprint density at radius 2 is 2.00 bits per heavy atom. The standard InChI is InChI=1S/C9H15NO2/c1-12-6-9(11)10-4-7-2-3-8(7)5-10/h7-8H,2-6H2,1H3. The maximum absolute atomic E-state index is 11.4. The predicted molar refractivity (Wildman–Crippen MR) is 44.7 cm³/mol. The molecule has 3 heteroatoms. The van der Waals surface area contributed by atoms with Gasteiger partial charge in [-0.1, -0.05) is 0 Å². The van der Waals surface area contributed by atoms with E-state index < -0.39 is 0 Å². The lowest BCUT2D eigenvalue weighted by atomic mass is 9.77. The number of rotatable bonds is 2. The fourth-order valence-corrected chi connectivity index (χ4v) is 2.18. The number of likely N-dealkylation sites (tertiary alicyclic amines) is 1. The van der Waals surface area contributed by atoms with Gasteiger partial charge in [-0.05, 0) is 24.7 Å². The minimum Gasteiger partial charge on any atom is -0.375 e. The number of methoxy groups -OCH3 is 1. The topological polar surface area (TPSA) is 29.5 Å². The third kappa shape index (κ3) is 1.22. The van der Waals surface area contributed by atoms with Gasteiger partial charge in [0.15, 0.2) is 0 Å². The van der Waals surface area contributed by atoms with Gasteiger partial charge in [-0.15, -0.1) is 0 Å². The molecule has 12 heavy (non-hydrogen) atoms. The Labute approximate surface area is 72.7 Å². The minimum absolute atomic E-state index is 0.159. The van der Waals surface area contributed by atoms with Gasteiger partial charge in [0.1, 0.15) is 6.61 Å². The van der Waals surface area contributed by atoms with Crippen LogP contribution >= 0.6 is 0 Å². The van der Waals surface area contributed by atoms with Crippen LogP contribution in [0.3, 0.4) is 0 Å². The number of ether oxygens (including phenoxy) is 1. The summed E-state index contributed by atoms with van der Waals surface area (Å²) in [6.45, 7) is 2.21. The number of nitrogens with zero attached hydrogens (tertiary/aromatic N) is 1. The summed E-state index contributed by atoms with van der Waals surface area (Å²) in [6, 6.07) is 0. The lowest BCUT2D eigenvalue weighted by molar-refractivity contribution is -0.134. The molecule has 3 nitrogen and oxygen atoms in total. The van der Waals surface area contributed by atoms with Crippen LogP contribution in [0.15, 0.2) is 0 Å². The van der Waals surface area contributed by atoms with Crippen molar-refractivity contribution in [1.29, 1.82) is 0 Å². The molecule has 2 atom stereocenters. The van der Waals surface area contributed by atoms with Crippen molar-refractivity contribution >= 4 is 5.91 Å². The van der Waals surface area contributed by atoms with Gasteiger partial charge in [0.2, 0.25) is 5.91 Å². The quantitative estimate of drug-likeness (QED) is 0.602. The molecule has 2 aliphatic rings. The summed E-state index contributed by atoms with van der Waals surface area (Å²) in [4.78, 5) is 13.3. The van der Waals surface area contributed by atoms with Crippen LogP contribution < -0.4 is 0 Å². The highest BCUT2D eigenvalue weighted by atomic mass is 16.5. The number of fused-ring (bicyclic) bond motifs is 1. The number of hydrogen-bond donors (Lipinski definition) is 0. The van der Waals surface area contributed by atoms with Gasteiger partial charge in [-0.25, -0.2) is 0 Å². The van der Waals surface area contributed by atoms with E-state index >= 15 is 0 Å². The van der Waals surface area contributed by atoms with E-state index in [1.54, 1.807) is 7.11 Å². The van der Waals surface area contributed by atoms with Crippen LogP contribution in [-0.4, -0.2) is 37.6 Å². The van der Waals surface area contributed by atoms with Crippen molar-refractivity contribution in [3.05, 3.63) is 0 Å². The molecule has 0 N–H and O–H groups in total. The molecule has 2 rings (SSSR count).